The Morgan fingerprint density at radius 2 is 2.00 bits per heavy atom. The van der Waals surface area contributed by atoms with Gasteiger partial charge in [0.1, 0.15) is 11.6 Å². The fourth-order valence-electron chi connectivity index (χ4n) is 1.81. The first-order valence-electron chi connectivity index (χ1n) is 4.76. The molecule has 4 nitrogen and oxygen atoms in total. The molecule has 86 valence electrons. The highest BCUT2D eigenvalue weighted by Gasteiger charge is 2.36. The van der Waals surface area contributed by atoms with E-state index in [1.807, 2.05) is 0 Å². The predicted molar refractivity (Wildman–Crippen MR) is 51.4 cm³/mol. The molecule has 16 heavy (non-hydrogen) atoms. The molecule has 0 aromatic heterocycles. The van der Waals surface area contributed by atoms with E-state index in [2.05, 4.69) is 10.9 Å². The summed E-state index contributed by atoms with van der Waals surface area (Å²) in [6.45, 7) is 0.133. The normalized spacial score (nSPS) is 24.6. The zero-order chi connectivity index (χ0) is 11.7. The number of aliphatic carboxylic acids is 1. The Balaban J connectivity index is 2.40. The van der Waals surface area contributed by atoms with Crippen LogP contribution in [0.4, 0.5) is 8.78 Å². The van der Waals surface area contributed by atoms with Crippen molar-refractivity contribution in [2.24, 2.45) is 5.92 Å². The number of nitrogens with one attached hydrogen (secondary N) is 2. The van der Waals surface area contributed by atoms with Gasteiger partial charge in [-0.3, -0.25) is 10.2 Å². The second kappa shape index (κ2) is 4.15. The zero-order valence-corrected chi connectivity index (χ0v) is 8.21. The van der Waals surface area contributed by atoms with E-state index < -0.39 is 29.6 Å². The standard InChI is InChI=1S/C10H10F2N2O2/c11-6-2-1-3-7(12)8(6)9-5(10(15)16)4-13-14-9/h1-3,5,9,13-14H,4H2,(H,15,16). The van der Waals surface area contributed by atoms with Gasteiger partial charge in [-0.25, -0.2) is 14.2 Å². The molecule has 2 atom stereocenters. The van der Waals surface area contributed by atoms with Crippen LogP contribution < -0.4 is 10.9 Å². The topological polar surface area (TPSA) is 61.4 Å². The van der Waals surface area contributed by atoms with Crippen LogP contribution in [0, 0.1) is 17.6 Å². The van der Waals surface area contributed by atoms with E-state index in [1.54, 1.807) is 0 Å². The molecule has 1 fully saturated rings. The number of halogens is 2. The molecule has 1 aromatic carbocycles. The van der Waals surface area contributed by atoms with Crippen molar-refractivity contribution in [1.29, 1.82) is 0 Å². The molecular formula is C10H10F2N2O2. The largest absolute Gasteiger partial charge is 0.481 e. The third-order valence-electron chi connectivity index (χ3n) is 2.61. The molecule has 2 rings (SSSR count). The molecule has 3 N–H and O–H groups in total. The minimum Gasteiger partial charge on any atom is -0.481 e. The Morgan fingerprint density at radius 1 is 1.38 bits per heavy atom. The lowest BCUT2D eigenvalue weighted by atomic mass is 9.94. The number of hydrogen-bond donors (Lipinski definition) is 3. The van der Waals surface area contributed by atoms with Crippen LogP contribution in [0.5, 0.6) is 0 Å². The predicted octanol–water partition coefficient (Wildman–Crippen LogP) is 0.814. The number of carboxylic acids is 1. The fourth-order valence-corrected chi connectivity index (χ4v) is 1.81. The first-order valence-corrected chi connectivity index (χ1v) is 4.76. The Kier molecular flexibility index (Phi) is 2.84. The highest BCUT2D eigenvalue weighted by atomic mass is 19.1. The van der Waals surface area contributed by atoms with Crippen molar-refractivity contribution in [1.82, 2.24) is 10.9 Å². The van der Waals surface area contributed by atoms with Gasteiger partial charge >= 0.3 is 5.97 Å². The van der Waals surface area contributed by atoms with Gasteiger partial charge in [0.2, 0.25) is 0 Å². The minimum absolute atomic E-state index is 0.133. The summed E-state index contributed by atoms with van der Waals surface area (Å²) in [6.07, 6.45) is 0. The summed E-state index contributed by atoms with van der Waals surface area (Å²) in [5.41, 5.74) is 4.93. The molecule has 1 aliphatic heterocycles. The first-order chi connectivity index (χ1) is 7.61. The lowest BCUT2D eigenvalue weighted by Crippen LogP contribution is -2.28. The number of carboxylic acid groups (broad SMARTS) is 1. The van der Waals surface area contributed by atoms with Crippen molar-refractivity contribution >= 4 is 5.97 Å². The molecule has 0 spiro atoms. The Labute approximate surface area is 90.2 Å². The number of rotatable bonds is 2. The summed E-state index contributed by atoms with van der Waals surface area (Å²) in [4.78, 5) is 10.9. The van der Waals surface area contributed by atoms with Crippen molar-refractivity contribution in [2.45, 2.75) is 6.04 Å². The molecule has 1 aliphatic rings. The average Bonchev–Trinajstić information content (AvgIpc) is 2.66. The van der Waals surface area contributed by atoms with Crippen molar-refractivity contribution in [2.75, 3.05) is 6.54 Å². The van der Waals surface area contributed by atoms with Crippen LogP contribution in [0.3, 0.4) is 0 Å². The van der Waals surface area contributed by atoms with Crippen molar-refractivity contribution in [3.05, 3.63) is 35.4 Å². The number of hydrazine groups is 1. The van der Waals surface area contributed by atoms with Gasteiger partial charge in [0, 0.05) is 12.1 Å². The van der Waals surface area contributed by atoms with E-state index in [-0.39, 0.29) is 12.1 Å². The van der Waals surface area contributed by atoms with Crippen LogP contribution in [0.1, 0.15) is 11.6 Å². The van der Waals surface area contributed by atoms with Crippen LogP contribution in [0.2, 0.25) is 0 Å². The number of carbonyl (C=O) groups is 1. The van der Waals surface area contributed by atoms with E-state index in [0.717, 1.165) is 12.1 Å². The molecule has 2 unspecified atom stereocenters. The maximum Gasteiger partial charge on any atom is 0.309 e. The summed E-state index contributed by atoms with van der Waals surface area (Å²) >= 11 is 0. The molecule has 0 saturated carbocycles. The van der Waals surface area contributed by atoms with Crippen LogP contribution in [0.15, 0.2) is 18.2 Å². The summed E-state index contributed by atoms with van der Waals surface area (Å²) in [5, 5.41) is 8.90. The molecule has 6 heteroatoms. The average molecular weight is 228 g/mol. The Hall–Kier alpha value is -1.53. The SMILES string of the molecule is O=C(O)C1CNNC1c1c(F)cccc1F. The molecule has 0 amide bonds. The van der Waals surface area contributed by atoms with E-state index in [4.69, 9.17) is 5.11 Å². The van der Waals surface area contributed by atoms with Gasteiger partial charge in [0.05, 0.1) is 12.0 Å². The second-order valence-electron chi connectivity index (χ2n) is 3.58. The van der Waals surface area contributed by atoms with Gasteiger partial charge in [0.15, 0.2) is 0 Å². The van der Waals surface area contributed by atoms with Crippen LogP contribution in [-0.2, 0) is 4.79 Å². The van der Waals surface area contributed by atoms with Gasteiger partial charge in [-0.1, -0.05) is 6.07 Å². The number of hydrogen-bond acceptors (Lipinski definition) is 3. The van der Waals surface area contributed by atoms with Crippen molar-refractivity contribution < 1.29 is 18.7 Å². The zero-order valence-electron chi connectivity index (χ0n) is 8.21. The third-order valence-corrected chi connectivity index (χ3v) is 2.61. The van der Waals surface area contributed by atoms with Crippen molar-refractivity contribution in [3.63, 3.8) is 0 Å². The van der Waals surface area contributed by atoms with E-state index in [9.17, 15) is 13.6 Å². The molecule has 0 aliphatic carbocycles. The van der Waals surface area contributed by atoms with Gasteiger partial charge in [-0.2, -0.15) is 0 Å². The minimum atomic E-state index is -1.09. The van der Waals surface area contributed by atoms with Gasteiger partial charge in [-0.15, -0.1) is 0 Å². The fraction of sp³-hybridized carbons (Fsp3) is 0.300. The molecule has 1 heterocycles. The third kappa shape index (κ3) is 1.77. The summed E-state index contributed by atoms with van der Waals surface area (Å²) < 4.78 is 26.9. The van der Waals surface area contributed by atoms with E-state index >= 15 is 0 Å². The Bertz CT molecular complexity index is 405. The maximum absolute atomic E-state index is 13.4. The summed E-state index contributed by atoms with van der Waals surface area (Å²) in [6, 6.07) is 2.57. The van der Waals surface area contributed by atoms with Gasteiger partial charge < -0.3 is 5.11 Å². The van der Waals surface area contributed by atoms with Crippen LogP contribution in [0.25, 0.3) is 0 Å². The van der Waals surface area contributed by atoms with Crippen LogP contribution in [-0.4, -0.2) is 17.6 Å². The highest BCUT2D eigenvalue weighted by molar-refractivity contribution is 5.72. The molecule has 0 bridgehead atoms. The highest BCUT2D eigenvalue weighted by Crippen LogP contribution is 2.29. The second-order valence-corrected chi connectivity index (χ2v) is 3.58. The van der Waals surface area contributed by atoms with Gasteiger partial charge in [0.25, 0.3) is 0 Å². The monoisotopic (exact) mass is 228 g/mol. The Morgan fingerprint density at radius 3 is 2.56 bits per heavy atom. The summed E-state index contributed by atoms with van der Waals surface area (Å²) in [5.74, 6) is -3.46. The van der Waals surface area contributed by atoms with E-state index in [1.165, 1.54) is 6.07 Å². The van der Waals surface area contributed by atoms with E-state index in [0.29, 0.717) is 0 Å². The van der Waals surface area contributed by atoms with Crippen LogP contribution >= 0.6 is 0 Å². The molecule has 1 saturated heterocycles. The maximum atomic E-state index is 13.4. The van der Waals surface area contributed by atoms with Crippen molar-refractivity contribution in [3.8, 4) is 0 Å². The summed E-state index contributed by atoms with van der Waals surface area (Å²) in [7, 11) is 0. The molecular weight excluding hydrogens is 218 g/mol. The van der Waals surface area contributed by atoms with Gasteiger partial charge in [-0.05, 0) is 12.1 Å². The molecule has 0 radical (unpaired) electrons. The lowest BCUT2D eigenvalue weighted by molar-refractivity contribution is -0.141. The smallest absolute Gasteiger partial charge is 0.309 e. The quantitative estimate of drug-likeness (QED) is 0.701. The first kappa shape index (κ1) is 11.0. The lowest BCUT2D eigenvalue weighted by Gasteiger charge is -2.16. The number of benzene rings is 1. The molecule has 1 aromatic rings.